The van der Waals surface area contributed by atoms with Crippen molar-refractivity contribution in [1.29, 1.82) is 0 Å². The smallest absolute Gasteiger partial charge is 0.337 e. The molecule has 0 fully saturated rings. The summed E-state index contributed by atoms with van der Waals surface area (Å²) in [7, 11) is 0. The summed E-state index contributed by atoms with van der Waals surface area (Å²) in [5.41, 5.74) is 1.71. The van der Waals surface area contributed by atoms with Gasteiger partial charge in [0.15, 0.2) is 0 Å². The maximum atomic E-state index is 11.3. The van der Waals surface area contributed by atoms with E-state index in [1.54, 1.807) is 12.1 Å². The van der Waals surface area contributed by atoms with Crippen LogP contribution >= 0.6 is 0 Å². The second kappa shape index (κ2) is 5.84. The zero-order valence-electron chi connectivity index (χ0n) is 11.2. The number of ether oxygens (including phenoxy) is 1. The fourth-order valence-electron chi connectivity index (χ4n) is 2.22. The van der Waals surface area contributed by atoms with Gasteiger partial charge in [-0.1, -0.05) is 13.0 Å². The van der Waals surface area contributed by atoms with E-state index in [0.29, 0.717) is 30.8 Å². The Morgan fingerprint density at radius 3 is 2.84 bits per heavy atom. The van der Waals surface area contributed by atoms with Crippen molar-refractivity contribution in [1.82, 2.24) is 9.55 Å². The van der Waals surface area contributed by atoms with Crippen LogP contribution in [0.5, 0.6) is 0 Å². The Labute approximate surface area is 111 Å². The fourth-order valence-corrected chi connectivity index (χ4v) is 2.22. The molecule has 0 aliphatic carbocycles. The summed E-state index contributed by atoms with van der Waals surface area (Å²) in [4.78, 5) is 15.8. The molecule has 2 rings (SSSR count). The van der Waals surface area contributed by atoms with Gasteiger partial charge in [0.2, 0.25) is 0 Å². The molecule has 2 aromatic rings. The van der Waals surface area contributed by atoms with Crippen molar-refractivity contribution in [2.24, 2.45) is 0 Å². The lowest BCUT2D eigenvalue weighted by Gasteiger charge is -2.09. The van der Waals surface area contributed by atoms with Crippen LogP contribution in [0.15, 0.2) is 18.2 Å². The Bertz CT molecular complexity index is 590. The summed E-state index contributed by atoms with van der Waals surface area (Å²) < 4.78 is 7.31. The number of para-hydroxylation sites is 1. The van der Waals surface area contributed by atoms with Crippen molar-refractivity contribution >= 4 is 17.0 Å². The standard InChI is InChI=1S/C14H18N2O3/c1-3-12-15-11-7-5-6-10(14(17)18)13(11)16(12)8-9-19-4-2/h5-7H,3-4,8-9H2,1-2H3,(H,17,18). The van der Waals surface area contributed by atoms with Gasteiger partial charge >= 0.3 is 5.97 Å². The number of aromatic carboxylic acids is 1. The zero-order chi connectivity index (χ0) is 13.8. The van der Waals surface area contributed by atoms with Crippen molar-refractivity contribution in [3.63, 3.8) is 0 Å². The van der Waals surface area contributed by atoms with Crippen molar-refractivity contribution in [2.45, 2.75) is 26.8 Å². The van der Waals surface area contributed by atoms with Crippen LogP contribution in [-0.4, -0.2) is 33.8 Å². The van der Waals surface area contributed by atoms with Crippen molar-refractivity contribution < 1.29 is 14.6 Å². The minimum absolute atomic E-state index is 0.293. The van der Waals surface area contributed by atoms with Crippen LogP contribution in [0.2, 0.25) is 0 Å². The average Bonchev–Trinajstić information content (AvgIpc) is 2.77. The van der Waals surface area contributed by atoms with Gasteiger partial charge in [-0.25, -0.2) is 9.78 Å². The van der Waals surface area contributed by atoms with Gasteiger partial charge in [-0.05, 0) is 19.1 Å². The van der Waals surface area contributed by atoms with Crippen LogP contribution < -0.4 is 0 Å². The Kier molecular flexibility index (Phi) is 4.16. The van der Waals surface area contributed by atoms with Crippen LogP contribution in [0.3, 0.4) is 0 Å². The number of rotatable bonds is 6. The molecule has 0 spiro atoms. The van der Waals surface area contributed by atoms with Crippen LogP contribution in [-0.2, 0) is 17.7 Å². The Morgan fingerprint density at radius 1 is 1.42 bits per heavy atom. The van der Waals surface area contributed by atoms with Crippen LogP contribution in [0.1, 0.15) is 30.0 Å². The molecule has 0 bridgehead atoms. The molecule has 0 aliphatic heterocycles. The van der Waals surface area contributed by atoms with Crippen LogP contribution in [0, 0.1) is 0 Å². The maximum absolute atomic E-state index is 11.3. The number of benzene rings is 1. The Balaban J connectivity index is 2.53. The van der Waals surface area contributed by atoms with E-state index in [9.17, 15) is 9.90 Å². The van der Waals surface area contributed by atoms with E-state index in [1.807, 2.05) is 24.5 Å². The molecular weight excluding hydrogens is 244 g/mol. The van der Waals surface area contributed by atoms with E-state index < -0.39 is 5.97 Å². The lowest BCUT2D eigenvalue weighted by molar-refractivity contribution is 0.0698. The van der Waals surface area contributed by atoms with Crippen LogP contribution in [0.4, 0.5) is 0 Å². The van der Waals surface area contributed by atoms with E-state index >= 15 is 0 Å². The van der Waals surface area contributed by atoms with Gasteiger partial charge in [-0.2, -0.15) is 0 Å². The molecule has 102 valence electrons. The molecule has 1 aromatic carbocycles. The lowest BCUT2D eigenvalue weighted by Crippen LogP contribution is -2.11. The number of fused-ring (bicyclic) bond motifs is 1. The summed E-state index contributed by atoms with van der Waals surface area (Å²) in [6.45, 7) is 5.79. The maximum Gasteiger partial charge on any atom is 0.337 e. The van der Waals surface area contributed by atoms with Gasteiger partial charge in [0.25, 0.3) is 0 Å². The fraction of sp³-hybridized carbons (Fsp3) is 0.429. The molecule has 0 unspecified atom stereocenters. The third kappa shape index (κ3) is 2.61. The highest BCUT2D eigenvalue weighted by Gasteiger charge is 2.16. The topological polar surface area (TPSA) is 64.4 Å². The highest BCUT2D eigenvalue weighted by molar-refractivity contribution is 6.01. The van der Waals surface area contributed by atoms with Crippen molar-refractivity contribution in [3.8, 4) is 0 Å². The predicted molar refractivity (Wildman–Crippen MR) is 72.6 cm³/mol. The minimum Gasteiger partial charge on any atom is -0.478 e. The SMILES string of the molecule is CCOCCn1c(CC)nc2cccc(C(=O)O)c21. The van der Waals surface area contributed by atoms with Gasteiger partial charge in [-0.15, -0.1) is 0 Å². The van der Waals surface area contributed by atoms with Crippen molar-refractivity contribution in [3.05, 3.63) is 29.6 Å². The van der Waals surface area contributed by atoms with E-state index in [2.05, 4.69) is 4.98 Å². The molecule has 0 aliphatic rings. The second-order valence-corrected chi connectivity index (χ2v) is 4.21. The molecular formula is C14H18N2O3. The Morgan fingerprint density at radius 2 is 2.21 bits per heavy atom. The molecule has 19 heavy (non-hydrogen) atoms. The van der Waals surface area contributed by atoms with Gasteiger partial charge in [0.1, 0.15) is 5.82 Å². The summed E-state index contributed by atoms with van der Waals surface area (Å²) in [6, 6.07) is 5.19. The number of nitrogens with zero attached hydrogens (tertiary/aromatic N) is 2. The quantitative estimate of drug-likeness (QED) is 0.811. The number of aromatic nitrogens is 2. The molecule has 5 nitrogen and oxygen atoms in total. The van der Waals surface area contributed by atoms with Gasteiger partial charge in [-0.3, -0.25) is 0 Å². The number of hydrogen-bond acceptors (Lipinski definition) is 3. The first-order valence-electron chi connectivity index (χ1n) is 6.48. The average molecular weight is 262 g/mol. The normalized spacial score (nSPS) is 11.1. The number of aryl methyl sites for hydroxylation is 1. The third-order valence-corrected chi connectivity index (χ3v) is 3.06. The molecule has 0 radical (unpaired) electrons. The first kappa shape index (κ1) is 13.5. The largest absolute Gasteiger partial charge is 0.478 e. The molecule has 0 atom stereocenters. The highest BCUT2D eigenvalue weighted by Crippen LogP contribution is 2.21. The third-order valence-electron chi connectivity index (χ3n) is 3.06. The number of imidazole rings is 1. The first-order chi connectivity index (χ1) is 9.19. The van der Waals surface area contributed by atoms with Gasteiger partial charge in [0, 0.05) is 19.6 Å². The number of carboxylic acid groups (broad SMARTS) is 1. The molecule has 1 heterocycles. The number of carboxylic acids is 1. The summed E-state index contributed by atoms with van der Waals surface area (Å²) in [5.74, 6) is -0.0331. The monoisotopic (exact) mass is 262 g/mol. The van der Waals surface area contributed by atoms with E-state index in [1.165, 1.54) is 0 Å². The van der Waals surface area contributed by atoms with E-state index in [0.717, 1.165) is 17.8 Å². The van der Waals surface area contributed by atoms with Crippen molar-refractivity contribution in [2.75, 3.05) is 13.2 Å². The van der Waals surface area contributed by atoms with Crippen LogP contribution in [0.25, 0.3) is 11.0 Å². The molecule has 0 saturated heterocycles. The second-order valence-electron chi connectivity index (χ2n) is 4.21. The van der Waals surface area contributed by atoms with E-state index in [4.69, 9.17) is 4.74 Å². The number of carbonyl (C=O) groups is 1. The summed E-state index contributed by atoms with van der Waals surface area (Å²) in [6.07, 6.45) is 0.764. The molecule has 1 aromatic heterocycles. The van der Waals surface area contributed by atoms with E-state index in [-0.39, 0.29) is 0 Å². The first-order valence-corrected chi connectivity index (χ1v) is 6.48. The summed E-state index contributed by atoms with van der Waals surface area (Å²) >= 11 is 0. The van der Waals surface area contributed by atoms with Gasteiger partial charge < -0.3 is 14.4 Å². The predicted octanol–water partition coefficient (Wildman–Crippen LogP) is 2.33. The van der Waals surface area contributed by atoms with Gasteiger partial charge in [0.05, 0.1) is 23.2 Å². The molecule has 5 heteroatoms. The lowest BCUT2D eigenvalue weighted by atomic mass is 10.2. The summed E-state index contributed by atoms with van der Waals surface area (Å²) in [5, 5.41) is 9.29. The molecule has 0 amide bonds. The number of hydrogen-bond donors (Lipinski definition) is 1. The Hall–Kier alpha value is -1.88. The molecule has 1 N–H and O–H groups in total. The zero-order valence-corrected chi connectivity index (χ0v) is 11.2. The molecule has 0 saturated carbocycles. The minimum atomic E-state index is -0.925. The highest BCUT2D eigenvalue weighted by atomic mass is 16.5.